The van der Waals surface area contributed by atoms with E-state index in [0.717, 1.165) is 43.2 Å². The third kappa shape index (κ3) is 13.8. The zero-order valence-corrected chi connectivity index (χ0v) is 25.5. The molecular weight excluding hydrogens is 492 g/mol. The van der Waals surface area contributed by atoms with E-state index in [1.54, 1.807) is 24.3 Å². The van der Waals surface area contributed by atoms with Crippen molar-refractivity contribution in [2.75, 3.05) is 0 Å². The standard InChI is InChI=1S/2C11H14O2.C11H24O2/c2*1-11(2,3)9-6-4-8(5-7-9)10(12)13;1-4-7-10(12)9(6-3)11(13)8-5-2/h2*4-7H,1-3H3,(H,12,13);9-13H,4-8H2,1-3H3. The van der Waals surface area contributed by atoms with Crippen LogP contribution < -0.4 is 0 Å². The average molecular weight is 545 g/mol. The number of hydrogen-bond acceptors (Lipinski definition) is 4. The topological polar surface area (TPSA) is 115 Å². The van der Waals surface area contributed by atoms with E-state index < -0.39 is 11.9 Å². The van der Waals surface area contributed by atoms with Crippen molar-refractivity contribution in [2.45, 2.75) is 117 Å². The van der Waals surface area contributed by atoms with Crippen LogP contribution in [0.15, 0.2) is 48.5 Å². The van der Waals surface area contributed by atoms with Crippen molar-refractivity contribution in [3.8, 4) is 0 Å². The lowest BCUT2D eigenvalue weighted by Crippen LogP contribution is -2.31. The van der Waals surface area contributed by atoms with E-state index in [1.807, 2.05) is 31.2 Å². The van der Waals surface area contributed by atoms with Crippen molar-refractivity contribution >= 4 is 11.9 Å². The molecule has 0 heterocycles. The summed E-state index contributed by atoms with van der Waals surface area (Å²) in [4.78, 5) is 21.1. The predicted molar refractivity (Wildman–Crippen MR) is 160 cm³/mol. The van der Waals surface area contributed by atoms with Gasteiger partial charge in [0.1, 0.15) is 0 Å². The second-order valence-electron chi connectivity index (χ2n) is 12.0. The van der Waals surface area contributed by atoms with Crippen molar-refractivity contribution in [1.82, 2.24) is 0 Å². The van der Waals surface area contributed by atoms with Crippen LogP contribution in [0.2, 0.25) is 0 Å². The van der Waals surface area contributed by atoms with Crippen LogP contribution in [0.1, 0.15) is 126 Å². The fourth-order valence-corrected chi connectivity index (χ4v) is 4.05. The van der Waals surface area contributed by atoms with Crippen molar-refractivity contribution in [2.24, 2.45) is 5.92 Å². The normalized spacial score (nSPS) is 13.6. The first-order valence-corrected chi connectivity index (χ1v) is 14.0. The van der Waals surface area contributed by atoms with Gasteiger partial charge in [0.2, 0.25) is 0 Å². The number of rotatable bonds is 9. The first-order valence-electron chi connectivity index (χ1n) is 14.0. The van der Waals surface area contributed by atoms with Crippen LogP contribution in [0.25, 0.3) is 0 Å². The number of carboxylic acid groups (broad SMARTS) is 2. The van der Waals surface area contributed by atoms with Crippen LogP contribution in [0.5, 0.6) is 0 Å². The molecule has 0 bridgehead atoms. The van der Waals surface area contributed by atoms with Crippen LogP contribution in [-0.4, -0.2) is 44.6 Å². The van der Waals surface area contributed by atoms with Crippen LogP contribution in [0, 0.1) is 5.92 Å². The highest BCUT2D eigenvalue weighted by Crippen LogP contribution is 2.23. The van der Waals surface area contributed by atoms with Crippen molar-refractivity contribution < 1.29 is 30.0 Å². The van der Waals surface area contributed by atoms with Crippen LogP contribution in [0.4, 0.5) is 0 Å². The van der Waals surface area contributed by atoms with E-state index in [4.69, 9.17) is 10.2 Å². The molecule has 2 aromatic carbocycles. The maximum Gasteiger partial charge on any atom is 0.335 e. The molecule has 0 fully saturated rings. The second kappa shape index (κ2) is 17.1. The maximum absolute atomic E-state index is 10.6. The summed E-state index contributed by atoms with van der Waals surface area (Å²) >= 11 is 0. The van der Waals surface area contributed by atoms with Gasteiger partial charge in [0.05, 0.1) is 23.3 Å². The minimum Gasteiger partial charge on any atom is -0.478 e. The lowest BCUT2D eigenvalue weighted by molar-refractivity contribution is 0.00198. The summed E-state index contributed by atoms with van der Waals surface area (Å²) in [5.41, 5.74) is 3.14. The summed E-state index contributed by atoms with van der Waals surface area (Å²) in [7, 11) is 0. The molecule has 0 aliphatic rings. The summed E-state index contributed by atoms with van der Waals surface area (Å²) in [5.74, 6) is -1.68. The molecule has 0 saturated carbocycles. The van der Waals surface area contributed by atoms with Crippen LogP contribution in [-0.2, 0) is 10.8 Å². The van der Waals surface area contributed by atoms with Gasteiger partial charge in [-0.3, -0.25) is 0 Å². The van der Waals surface area contributed by atoms with Crippen LogP contribution in [0.3, 0.4) is 0 Å². The van der Waals surface area contributed by atoms with E-state index in [-0.39, 0.29) is 29.0 Å². The van der Waals surface area contributed by atoms with E-state index in [9.17, 15) is 19.8 Å². The fraction of sp³-hybridized carbons (Fsp3) is 0.576. The second-order valence-corrected chi connectivity index (χ2v) is 12.0. The Morgan fingerprint density at radius 1 is 0.615 bits per heavy atom. The Kier molecular flexibility index (Phi) is 15.9. The maximum atomic E-state index is 10.6. The molecule has 0 radical (unpaired) electrons. The van der Waals surface area contributed by atoms with Gasteiger partial charge >= 0.3 is 11.9 Å². The van der Waals surface area contributed by atoms with Gasteiger partial charge in [-0.05, 0) is 65.5 Å². The van der Waals surface area contributed by atoms with E-state index in [1.165, 1.54) is 0 Å². The molecule has 4 N–H and O–H groups in total. The first kappa shape index (κ1) is 36.3. The van der Waals surface area contributed by atoms with Gasteiger partial charge in [0.25, 0.3) is 0 Å². The number of hydrogen-bond donors (Lipinski definition) is 4. The third-order valence-electron chi connectivity index (χ3n) is 6.62. The smallest absolute Gasteiger partial charge is 0.335 e. The SMILES string of the molecule is CC(C)(C)c1ccc(C(=O)O)cc1.CC(C)(C)c1ccc(C(=O)O)cc1.CCCC(O)C(CC)C(O)CCC. The highest BCUT2D eigenvalue weighted by Gasteiger charge is 2.23. The molecule has 220 valence electrons. The molecule has 2 unspecified atom stereocenters. The number of carbonyl (C=O) groups is 2. The highest BCUT2D eigenvalue weighted by molar-refractivity contribution is 5.88. The number of benzene rings is 2. The van der Waals surface area contributed by atoms with Crippen molar-refractivity contribution in [1.29, 1.82) is 0 Å². The molecule has 6 nitrogen and oxygen atoms in total. The number of aromatic carboxylic acids is 2. The Morgan fingerprint density at radius 2 is 0.897 bits per heavy atom. The lowest BCUT2D eigenvalue weighted by Gasteiger charge is -2.26. The molecule has 6 heteroatoms. The predicted octanol–water partition coefficient (Wildman–Crippen LogP) is 7.70. The van der Waals surface area contributed by atoms with E-state index in [2.05, 4.69) is 55.4 Å². The zero-order valence-electron chi connectivity index (χ0n) is 25.5. The Hall–Kier alpha value is -2.70. The quantitative estimate of drug-likeness (QED) is 0.257. The van der Waals surface area contributed by atoms with E-state index >= 15 is 0 Å². The minimum absolute atomic E-state index is 0.0694. The monoisotopic (exact) mass is 544 g/mol. The summed E-state index contributed by atoms with van der Waals surface area (Å²) in [5, 5.41) is 36.8. The van der Waals surface area contributed by atoms with Crippen molar-refractivity contribution in [3.05, 3.63) is 70.8 Å². The van der Waals surface area contributed by atoms with Gasteiger partial charge in [-0.1, -0.05) is 99.4 Å². The minimum atomic E-state index is -0.875. The number of aliphatic hydroxyl groups is 2. The van der Waals surface area contributed by atoms with Gasteiger partial charge < -0.3 is 20.4 Å². The van der Waals surface area contributed by atoms with Gasteiger partial charge in [0, 0.05) is 5.92 Å². The van der Waals surface area contributed by atoms with Gasteiger partial charge in [-0.2, -0.15) is 0 Å². The summed E-state index contributed by atoms with van der Waals surface area (Å²) < 4.78 is 0. The van der Waals surface area contributed by atoms with E-state index in [0.29, 0.717) is 11.1 Å². The largest absolute Gasteiger partial charge is 0.478 e. The molecule has 0 aliphatic carbocycles. The Balaban J connectivity index is 0.000000555. The van der Waals surface area contributed by atoms with Gasteiger partial charge in [0.15, 0.2) is 0 Å². The first-order chi connectivity index (χ1) is 18.0. The molecule has 0 amide bonds. The molecule has 2 atom stereocenters. The fourth-order valence-electron chi connectivity index (χ4n) is 4.05. The summed E-state index contributed by atoms with van der Waals surface area (Å²) in [6, 6.07) is 14.0. The molecule has 2 aromatic rings. The molecular formula is C33H52O6. The molecule has 2 rings (SSSR count). The lowest BCUT2D eigenvalue weighted by atomic mass is 9.87. The molecule has 39 heavy (non-hydrogen) atoms. The molecule has 0 saturated heterocycles. The summed E-state index contributed by atoms with van der Waals surface area (Å²) in [6.45, 7) is 18.7. The van der Waals surface area contributed by atoms with Crippen molar-refractivity contribution in [3.63, 3.8) is 0 Å². The Labute approximate surface area is 236 Å². The number of aliphatic hydroxyl groups excluding tert-OH is 2. The van der Waals surface area contributed by atoms with Gasteiger partial charge in [-0.25, -0.2) is 9.59 Å². The highest BCUT2D eigenvalue weighted by atomic mass is 16.4. The zero-order chi connectivity index (χ0) is 30.4. The third-order valence-corrected chi connectivity index (χ3v) is 6.62. The Morgan fingerprint density at radius 3 is 1.08 bits per heavy atom. The average Bonchev–Trinajstić information content (AvgIpc) is 2.84. The molecule has 0 aliphatic heterocycles. The Bertz CT molecular complexity index is 886. The van der Waals surface area contributed by atoms with Gasteiger partial charge in [-0.15, -0.1) is 0 Å². The summed E-state index contributed by atoms with van der Waals surface area (Å²) in [6.07, 6.45) is 3.79. The molecule has 0 spiro atoms. The number of carboxylic acids is 2. The van der Waals surface area contributed by atoms with Crippen LogP contribution >= 0.6 is 0 Å². The molecule has 0 aromatic heterocycles.